The number of nitrogens with zero attached hydrogens (tertiary/aromatic N) is 1. The van der Waals surface area contributed by atoms with E-state index in [1.807, 2.05) is 43.4 Å². The maximum atomic E-state index is 13.0. The lowest BCUT2D eigenvalue weighted by molar-refractivity contribution is -0.150. The molecule has 2 aromatic rings. The van der Waals surface area contributed by atoms with Gasteiger partial charge in [-0.2, -0.15) is 0 Å². The summed E-state index contributed by atoms with van der Waals surface area (Å²) < 4.78 is 5.19. The van der Waals surface area contributed by atoms with Gasteiger partial charge in [-0.3, -0.25) is 14.5 Å². The summed E-state index contributed by atoms with van der Waals surface area (Å²) in [4.78, 5) is 39.0. The number of anilines is 1. The molecule has 0 saturated heterocycles. The molecule has 2 amide bonds. The van der Waals surface area contributed by atoms with Gasteiger partial charge in [0.2, 0.25) is 0 Å². The third-order valence-electron chi connectivity index (χ3n) is 4.95. The fourth-order valence-electron chi connectivity index (χ4n) is 3.36. The number of amides is 2. The minimum absolute atomic E-state index is 0.0765. The van der Waals surface area contributed by atoms with Gasteiger partial charge in [-0.1, -0.05) is 37.4 Å². The summed E-state index contributed by atoms with van der Waals surface area (Å²) >= 11 is 0. The Labute approximate surface area is 187 Å². The summed E-state index contributed by atoms with van der Waals surface area (Å²) in [5.74, 6) is -1.76. The van der Waals surface area contributed by atoms with Crippen LogP contribution in [0.5, 0.6) is 0 Å². The number of hydrogen-bond acceptors (Lipinski definition) is 5. The summed E-state index contributed by atoms with van der Waals surface area (Å²) in [6, 6.07) is 13.3. The number of nitrogens with one attached hydrogen (secondary N) is 2. The Hall–Kier alpha value is -3.87. The normalized spacial score (nSPS) is 12.8. The van der Waals surface area contributed by atoms with E-state index in [2.05, 4.69) is 23.8 Å². The molecule has 0 aromatic heterocycles. The monoisotopic (exact) mass is 433 g/mol. The minimum Gasteiger partial charge on any atom is -0.455 e. The molecule has 2 aromatic carbocycles. The number of ether oxygens (including phenoxy) is 1. The molecule has 1 aliphatic rings. The maximum absolute atomic E-state index is 13.0. The van der Waals surface area contributed by atoms with E-state index in [0.29, 0.717) is 5.56 Å². The molecule has 1 heterocycles. The zero-order valence-corrected chi connectivity index (χ0v) is 18.7. The van der Waals surface area contributed by atoms with E-state index in [4.69, 9.17) is 4.74 Å². The first-order chi connectivity index (χ1) is 15.0. The molecule has 0 fully saturated rings. The van der Waals surface area contributed by atoms with Crippen LogP contribution < -0.4 is 10.6 Å². The van der Waals surface area contributed by atoms with Crippen molar-refractivity contribution in [2.45, 2.75) is 32.9 Å². The van der Waals surface area contributed by atoms with Crippen molar-refractivity contribution in [3.8, 4) is 11.1 Å². The fraction of sp³-hybridized carbons (Fsp3) is 0.240. The van der Waals surface area contributed by atoms with Crippen LogP contribution in [0.1, 0.15) is 36.7 Å². The highest BCUT2D eigenvalue weighted by Gasteiger charge is 2.34. The van der Waals surface area contributed by atoms with Crippen LogP contribution in [0, 0.1) is 0 Å². The predicted octanol–water partition coefficient (Wildman–Crippen LogP) is 3.84. The molecule has 2 N–H and O–H groups in total. The topological polar surface area (TPSA) is 87.7 Å². The molecule has 0 saturated carbocycles. The largest absolute Gasteiger partial charge is 0.455 e. The Kier molecular flexibility index (Phi) is 6.20. The van der Waals surface area contributed by atoms with E-state index in [-0.39, 0.29) is 23.8 Å². The van der Waals surface area contributed by atoms with E-state index >= 15 is 0 Å². The van der Waals surface area contributed by atoms with Crippen molar-refractivity contribution in [2.24, 2.45) is 0 Å². The van der Waals surface area contributed by atoms with Gasteiger partial charge < -0.3 is 15.4 Å². The fourth-order valence-corrected chi connectivity index (χ4v) is 3.36. The zero-order chi connectivity index (χ0) is 23.6. The molecule has 0 spiro atoms. The van der Waals surface area contributed by atoms with E-state index in [1.165, 1.54) is 4.90 Å². The first kappa shape index (κ1) is 22.8. The Morgan fingerprint density at radius 2 is 1.66 bits per heavy atom. The molecule has 0 atom stereocenters. The van der Waals surface area contributed by atoms with Crippen LogP contribution in [0.15, 0.2) is 67.0 Å². The average Bonchev–Trinajstić information content (AvgIpc) is 3.08. The molecule has 0 radical (unpaired) electrons. The van der Waals surface area contributed by atoms with E-state index in [1.54, 1.807) is 26.8 Å². The number of fused-ring (bicyclic) bond motifs is 1. The number of esters is 1. The number of carbonyl (C=O) groups is 3. The number of rotatable bonds is 6. The Bertz CT molecular complexity index is 1110. The van der Waals surface area contributed by atoms with Crippen LogP contribution >= 0.6 is 0 Å². The first-order valence-electron chi connectivity index (χ1n) is 10.2. The van der Waals surface area contributed by atoms with E-state index in [9.17, 15) is 14.4 Å². The molecule has 32 heavy (non-hydrogen) atoms. The third kappa shape index (κ3) is 4.72. The van der Waals surface area contributed by atoms with Gasteiger partial charge >= 0.3 is 5.97 Å². The number of benzene rings is 2. The van der Waals surface area contributed by atoms with Crippen molar-refractivity contribution in [2.75, 3.05) is 12.4 Å². The van der Waals surface area contributed by atoms with E-state index in [0.717, 1.165) is 22.4 Å². The van der Waals surface area contributed by atoms with Gasteiger partial charge in [0.15, 0.2) is 0 Å². The summed E-state index contributed by atoms with van der Waals surface area (Å²) in [6.45, 7) is 12.7. The summed E-state index contributed by atoms with van der Waals surface area (Å²) in [7, 11) is 1.85. The van der Waals surface area contributed by atoms with Gasteiger partial charge in [0, 0.05) is 18.3 Å². The summed E-state index contributed by atoms with van der Waals surface area (Å²) in [6.07, 6.45) is 0. The van der Waals surface area contributed by atoms with Crippen molar-refractivity contribution >= 4 is 23.5 Å². The molecule has 0 bridgehead atoms. The quantitative estimate of drug-likeness (QED) is 0.534. The van der Waals surface area contributed by atoms with Crippen LogP contribution in [-0.4, -0.2) is 35.3 Å². The van der Waals surface area contributed by atoms with Crippen LogP contribution in [0.3, 0.4) is 0 Å². The number of carbonyl (C=O) groups excluding carboxylic acids is 3. The third-order valence-corrected chi connectivity index (χ3v) is 4.95. The van der Waals surface area contributed by atoms with Crippen LogP contribution in [-0.2, 0) is 20.9 Å². The minimum atomic E-state index is -0.748. The smallest absolute Gasteiger partial charge is 0.354 e. The van der Waals surface area contributed by atoms with Gasteiger partial charge in [-0.05, 0) is 55.7 Å². The van der Waals surface area contributed by atoms with Gasteiger partial charge in [-0.25, -0.2) is 4.79 Å². The Morgan fingerprint density at radius 1 is 1.03 bits per heavy atom. The second kappa shape index (κ2) is 8.70. The number of hydrogen-bond donors (Lipinski definition) is 2. The molecule has 1 aliphatic heterocycles. The Balaban J connectivity index is 1.77. The molecule has 166 valence electrons. The van der Waals surface area contributed by atoms with E-state index < -0.39 is 17.5 Å². The maximum Gasteiger partial charge on any atom is 0.354 e. The second-order valence-electron chi connectivity index (χ2n) is 8.43. The molecular weight excluding hydrogens is 406 g/mol. The van der Waals surface area contributed by atoms with Crippen molar-refractivity contribution in [1.82, 2.24) is 10.2 Å². The van der Waals surface area contributed by atoms with Gasteiger partial charge in [0.05, 0.1) is 6.54 Å². The van der Waals surface area contributed by atoms with Crippen LogP contribution in [0.4, 0.5) is 5.69 Å². The molecule has 7 nitrogen and oxygen atoms in total. The van der Waals surface area contributed by atoms with Gasteiger partial charge in [-0.15, -0.1) is 0 Å². The zero-order valence-electron chi connectivity index (χ0n) is 18.7. The van der Waals surface area contributed by atoms with Crippen LogP contribution in [0.25, 0.3) is 11.1 Å². The highest BCUT2D eigenvalue weighted by Crippen LogP contribution is 2.34. The molecule has 0 unspecified atom stereocenters. The molecular formula is C25H27N3O4. The SMILES string of the molecule is C=C(NC(=O)C(=C)N1Cc2c(cccc2-c2ccc(NC)cc2)C1=O)C(=O)OC(C)(C)C. The van der Waals surface area contributed by atoms with Gasteiger partial charge in [0.25, 0.3) is 11.8 Å². The van der Waals surface area contributed by atoms with Crippen molar-refractivity contribution < 1.29 is 19.1 Å². The molecule has 7 heteroatoms. The van der Waals surface area contributed by atoms with Crippen molar-refractivity contribution in [3.63, 3.8) is 0 Å². The second-order valence-corrected chi connectivity index (χ2v) is 8.43. The lowest BCUT2D eigenvalue weighted by atomic mass is 9.97. The standard InChI is InChI=1S/C25H27N3O4/c1-15(24(31)32-25(3,4)5)27-22(29)16(2)28-14-21-19(8-7-9-20(21)23(28)30)17-10-12-18(26-6)13-11-17/h7-13,26H,1-2,14H2,3-6H3,(H,27,29). The Morgan fingerprint density at radius 3 is 2.25 bits per heavy atom. The lowest BCUT2D eigenvalue weighted by Crippen LogP contribution is -2.37. The van der Waals surface area contributed by atoms with Crippen molar-refractivity contribution in [3.05, 3.63) is 78.1 Å². The average molecular weight is 434 g/mol. The van der Waals surface area contributed by atoms with Crippen molar-refractivity contribution in [1.29, 1.82) is 0 Å². The summed E-state index contributed by atoms with van der Waals surface area (Å²) in [5, 5.41) is 5.45. The van der Waals surface area contributed by atoms with Crippen LogP contribution in [0.2, 0.25) is 0 Å². The molecule has 0 aliphatic carbocycles. The molecule has 3 rings (SSSR count). The predicted molar refractivity (Wildman–Crippen MR) is 124 cm³/mol. The highest BCUT2D eigenvalue weighted by atomic mass is 16.6. The first-order valence-corrected chi connectivity index (χ1v) is 10.2. The van der Waals surface area contributed by atoms with Gasteiger partial charge in [0.1, 0.15) is 17.0 Å². The lowest BCUT2D eigenvalue weighted by Gasteiger charge is -2.21. The summed E-state index contributed by atoms with van der Waals surface area (Å²) in [5.41, 5.74) is 3.16. The highest BCUT2D eigenvalue weighted by molar-refractivity contribution is 6.07.